The number of halogens is 7. The van der Waals surface area contributed by atoms with Crippen LogP contribution in [0.4, 0.5) is 41.5 Å². The molecule has 822 valence electrons. The van der Waals surface area contributed by atoms with Gasteiger partial charge in [0, 0.05) is 120 Å². The van der Waals surface area contributed by atoms with Gasteiger partial charge in [-0.3, -0.25) is 47.9 Å². The fourth-order valence-electron chi connectivity index (χ4n) is 11.8. The molecule has 0 spiro atoms. The van der Waals surface area contributed by atoms with Crippen molar-refractivity contribution in [2.24, 2.45) is 0 Å². The number of hydrogen-bond acceptors (Lipinski definition) is 26. The summed E-state index contributed by atoms with van der Waals surface area (Å²) in [6.07, 6.45) is 10.6. The normalized spacial score (nSPS) is 10.9. The number of carbonyl (C=O) groups excluding carboxylic acids is 19. The zero-order valence-corrected chi connectivity index (χ0v) is 87.4. The van der Waals surface area contributed by atoms with Crippen molar-refractivity contribution in [3.8, 4) is 11.1 Å². The summed E-state index contributed by atoms with van der Waals surface area (Å²) in [7, 11) is 0. The summed E-state index contributed by atoms with van der Waals surface area (Å²) in [5.41, 5.74) is 2.37. The van der Waals surface area contributed by atoms with Crippen molar-refractivity contribution < 1.29 is 168 Å². The molecule has 45 nitrogen and oxygen atoms in total. The van der Waals surface area contributed by atoms with Crippen LogP contribution in [0.3, 0.4) is 0 Å². The second kappa shape index (κ2) is 87.7. The number of urea groups is 4. The van der Waals surface area contributed by atoms with E-state index in [9.17, 15) is 94.3 Å². The van der Waals surface area contributed by atoms with Crippen molar-refractivity contribution in [1.29, 1.82) is 0 Å². The molecule has 0 aliphatic heterocycles. The maximum Gasteiger partial charge on any atom is 0.407 e. The number of unbranched alkanes of at least 4 members (excludes halogenated alkanes) is 8. The fraction of sp³-hybridized carbons (Fsp3) is 0.429. The van der Waals surface area contributed by atoms with E-state index in [4.69, 9.17) is 68.6 Å². The number of ether oxygens (including phenoxy) is 2. The van der Waals surface area contributed by atoms with Gasteiger partial charge in [0.15, 0.2) is 6.23 Å². The van der Waals surface area contributed by atoms with Gasteiger partial charge >= 0.3 is 84.7 Å². The van der Waals surface area contributed by atoms with Gasteiger partial charge in [-0.15, -0.1) is 0 Å². The molecule has 0 bridgehead atoms. The summed E-state index contributed by atoms with van der Waals surface area (Å²) in [4.78, 5) is 247. The molecule has 0 unspecified atom stereocenters. The van der Waals surface area contributed by atoms with Gasteiger partial charge < -0.3 is 109 Å². The number of alkyl carbamates (subject to hydrolysis) is 1. The summed E-state index contributed by atoms with van der Waals surface area (Å²) >= 11 is 9.60. The third-order valence-corrected chi connectivity index (χ3v) is 20.8. The topological polar surface area (TPSA) is 698 Å². The van der Waals surface area contributed by atoms with E-state index >= 15 is 0 Å². The maximum absolute atomic E-state index is 14.4. The molecule has 0 aliphatic carbocycles. The Morgan fingerprint density at radius 1 is 0.347 bits per heavy atom. The smallest absolute Gasteiger partial charge is 0.407 e. The standard InChI is InChI=1S/C24H30FN3O4.C18H25BrFN3O4.C18H24BrFN2O5.C18H26BrN3O4.C16H20FN3O6.4CO2/c1-17(10-13-22(29)30)28-24(32)27-15-7-3-6-14-26-23(31)20-12-11-19(16-21(20)25)18-8-4-2-5-9-18;1-12(5-8-16(24)25)23-18(27)22-10-4-2-3-9-21-17(26)14-7-6-13(19)11-15(14)20;1-12(5-8-16(23)24)22-18(26)27-10-4-2-3-9-21-17(25)14-7-6-13(19)11-15(14)20;1-13(5-10-16(23)24)22-18(26)21-12-4-2-3-11-20-17(25)14-6-8-15(19)9-7-14;1-2-3-12(15(23)24)19-16(25)18-8-13(26-9-21)20-14(22)10-4-6-11(17)7-5-10;4*2-1-3/h2,4-5,8-9,11-12,16-17H,3,6-7,10,13-15H2,1H3,(H,26,31)(H,29,30)(H2,27,28,32);6-7,11-12H,2-5,8-10H2,1H3,(H,21,26)(H,24,25)(H2,22,23,27);6-7,11-12H,2-5,8-10H2,1H3,(H,21,25)(H,22,26)(H,23,24);6-9,13H,2-5,10-12H2,1H3,(H,20,25)(H,23,24)(H2,21,22,26);4-7,9,12-13H,2-3,8H2,1H3,(H,20,22)(H,23,24)(H2,18,19,25);;;;/t17-;2*12-;13-;12-,13+;;;;/m11110..../s1. The van der Waals surface area contributed by atoms with E-state index in [1.165, 1.54) is 48.5 Å². The summed E-state index contributed by atoms with van der Waals surface area (Å²) in [6.45, 7) is 12.1. The minimum atomic E-state index is -1.19. The molecule has 0 aliphatic rings. The fourth-order valence-corrected chi connectivity index (χ4v) is 12.7. The van der Waals surface area contributed by atoms with Crippen LogP contribution in [0.1, 0.15) is 228 Å². The molecule has 0 saturated carbocycles. The molecule has 0 aromatic heterocycles. The highest BCUT2D eigenvalue weighted by Crippen LogP contribution is 2.23. The van der Waals surface area contributed by atoms with E-state index in [0.717, 1.165) is 73.5 Å². The Kier molecular flexibility index (Phi) is 81.1. The van der Waals surface area contributed by atoms with Crippen LogP contribution >= 0.6 is 47.8 Å². The minimum absolute atomic E-state index is 0.00442. The lowest BCUT2D eigenvalue weighted by Crippen LogP contribution is -2.50. The molecular formula is C98H125Br3F4N14O31. The first-order valence-corrected chi connectivity index (χ1v) is 48.7. The van der Waals surface area contributed by atoms with Crippen LogP contribution in [0.2, 0.25) is 0 Å². The number of carboxylic acid groups (broad SMARTS) is 5. The Balaban J connectivity index is -0.00000175. The highest BCUT2D eigenvalue weighted by molar-refractivity contribution is 9.11. The number of hydrogen-bond donors (Lipinski definition) is 19. The molecule has 6 atom stereocenters. The van der Waals surface area contributed by atoms with Crippen LogP contribution in [-0.2, 0) is 76.6 Å². The molecule has 6 aromatic rings. The van der Waals surface area contributed by atoms with E-state index in [1.54, 1.807) is 65.0 Å². The molecular weight excluding hydrogens is 2180 g/mol. The number of aliphatic carboxylic acids is 5. The van der Waals surface area contributed by atoms with Crippen molar-refractivity contribution in [1.82, 2.24) is 74.4 Å². The van der Waals surface area contributed by atoms with Crippen LogP contribution in [-0.4, -0.2) is 242 Å². The van der Waals surface area contributed by atoms with Gasteiger partial charge in [0.1, 0.15) is 29.3 Å². The molecule has 6 aromatic carbocycles. The number of carboxylic acids is 5. The molecule has 14 amide bonds. The second-order valence-corrected chi connectivity index (χ2v) is 34.2. The van der Waals surface area contributed by atoms with E-state index in [1.807, 2.05) is 42.5 Å². The predicted molar refractivity (Wildman–Crippen MR) is 536 cm³/mol. The van der Waals surface area contributed by atoms with Crippen LogP contribution in [0.15, 0.2) is 147 Å². The number of carbonyl (C=O) groups is 16. The third kappa shape index (κ3) is 75.3. The average molecular weight is 2310 g/mol. The quantitative estimate of drug-likeness (QED) is 0.00730. The van der Waals surface area contributed by atoms with Gasteiger partial charge in [-0.05, 0) is 245 Å². The Bertz CT molecular complexity index is 5100. The molecule has 0 heterocycles. The van der Waals surface area contributed by atoms with Crippen molar-refractivity contribution in [2.45, 2.75) is 212 Å². The lowest BCUT2D eigenvalue weighted by atomic mass is 10.0. The first-order chi connectivity index (χ1) is 71.3. The molecule has 6 rings (SSSR count). The van der Waals surface area contributed by atoms with Gasteiger partial charge in [-0.2, -0.15) is 38.4 Å². The molecule has 0 radical (unpaired) electrons. The Morgan fingerprint density at radius 2 is 0.667 bits per heavy atom. The minimum Gasteiger partial charge on any atom is -0.481 e. The summed E-state index contributed by atoms with van der Waals surface area (Å²) in [5, 5.41) is 79.9. The van der Waals surface area contributed by atoms with E-state index in [0.29, 0.717) is 124 Å². The summed E-state index contributed by atoms with van der Waals surface area (Å²) in [5.74, 6) is -9.07. The van der Waals surface area contributed by atoms with Crippen LogP contribution in [0.25, 0.3) is 11.1 Å². The molecule has 0 fully saturated rings. The maximum atomic E-state index is 14.4. The van der Waals surface area contributed by atoms with Gasteiger partial charge in [0.2, 0.25) is 0 Å². The van der Waals surface area contributed by atoms with E-state index < -0.39 is 101 Å². The van der Waals surface area contributed by atoms with Gasteiger partial charge in [-0.1, -0.05) is 97.5 Å². The highest BCUT2D eigenvalue weighted by atomic mass is 79.9. The lowest BCUT2D eigenvalue weighted by molar-refractivity contribution is -0.193. The first-order valence-electron chi connectivity index (χ1n) is 46.3. The van der Waals surface area contributed by atoms with Crippen LogP contribution in [0, 0.1) is 23.3 Å². The van der Waals surface area contributed by atoms with Crippen molar-refractivity contribution >= 4 is 168 Å². The lowest BCUT2D eigenvalue weighted by Gasteiger charge is -2.19. The van der Waals surface area contributed by atoms with E-state index in [2.05, 4.69) is 127 Å². The monoisotopic (exact) mass is 2310 g/mol. The molecule has 19 N–H and O–H groups in total. The zero-order chi connectivity index (χ0) is 114. The van der Waals surface area contributed by atoms with Gasteiger partial charge in [0.05, 0.1) is 29.8 Å². The number of rotatable bonds is 55. The summed E-state index contributed by atoms with van der Waals surface area (Å²) < 4.78 is 66.3. The highest BCUT2D eigenvalue weighted by Gasteiger charge is 2.23. The predicted octanol–water partition coefficient (Wildman–Crippen LogP) is 11.6. The Morgan fingerprint density at radius 3 is 1.01 bits per heavy atom. The van der Waals surface area contributed by atoms with E-state index in [-0.39, 0.29) is 147 Å². The second-order valence-electron chi connectivity index (χ2n) is 31.5. The molecule has 0 saturated heterocycles. The van der Waals surface area contributed by atoms with Crippen LogP contribution in [0.5, 0.6) is 0 Å². The van der Waals surface area contributed by atoms with Gasteiger partial charge in [-0.25, -0.2) is 46.3 Å². The number of amides is 14. The van der Waals surface area contributed by atoms with Crippen molar-refractivity contribution in [3.63, 3.8) is 0 Å². The first kappa shape index (κ1) is 139. The Hall–Kier alpha value is -15.5. The number of benzene rings is 6. The summed E-state index contributed by atoms with van der Waals surface area (Å²) in [6, 6.07) is 30.7. The SMILES string of the molecule is CCC[C@H](NC(=O)NC[C@H](NC(=O)c1ccc(F)cc1)OC=O)C(=O)O.C[C@H](CCC(=O)O)NC(=O)NCCCCCNC(=O)c1ccc(-c2ccccc2)cc1F.C[C@H](CCC(=O)O)NC(=O)NCCCCCNC(=O)c1ccc(Br)cc1.C[C@H](CCC(=O)O)NC(=O)NCCCCCNC(=O)c1ccc(Br)cc1F.C[C@H](CCC(=O)O)NC(=O)OCCCCCNC(=O)c1ccc(Br)cc1F.O=C=O.O=C=O.O=C=O.O=C=O. The van der Waals surface area contributed by atoms with Gasteiger partial charge in [0.25, 0.3) is 36.0 Å². The molecule has 150 heavy (non-hydrogen) atoms. The largest absolute Gasteiger partial charge is 0.481 e. The van der Waals surface area contributed by atoms with Crippen LogP contribution < -0.4 is 74.4 Å². The number of nitrogens with one attached hydrogen (secondary N) is 14. The average Bonchev–Trinajstić information content (AvgIpc) is 0.825. The zero-order valence-electron chi connectivity index (χ0n) is 82.7. The Labute approximate surface area is 885 Å². The van der Waals surface area contributed by atoms with Crippen molar-refractivity contribution in [2.75, 3.05) is 59.0 Å². The third-order valence-electron chi connectivity index (χ3n) is 19.3. The molecule has 52 heteroatoms. The van der Waals surface area contributed by atoms with Crippen molar-refractivity contribution in [3.05, 3.63) is 198 Å².